The largest absolute Gasteiger partial charge is 0.471 e. The highest BCUT2D eigenvalue weighted by atomic mass is 35.5. The van der Waals surface area contributed by atoms with E-state index in [-0.39, 0.29) is 12.4 Å². The highest BCUT2D eigenvalue weighted by Gasteiger charge is 2.14. The van der Waals surface area contributed by atoms with Gasteiger partial charge in [0.25, 0.3) is 5.91 Å². The summed E-state index contributed by atoms with van der Waals surface area (Å²) in [6.45, 7) is 0.139. The fraction of sp³-hybridized carbons (Fsp3) is 0.0588. The van der Waals surface area contributed by atoms with E-state index in [1.165, 1.54) is 4.68 Å². The molecule has 1 heterocycles. The lowest BCUT2D eigenvalue weighted by Crippen LogP contribution is -2.14. The summed E-state index contributed by atoms with van der Waals surface area (Å²) in [6.07, 6.45) is 1.63. The molecule has 1 aromatic heterocycles. The lowest BCUT2D eigenvalue weighted by Gasteiger charge is -2.08. The third-order valence-corrected chi connectivity index (χ3v) is 4.10. The standard InChI is InChI=1S/C17H12Cl3N3O2/c18-11-3-1-4-12(9-11)25-10-23-8-7-15(22-23)17(24)21-16-13(19)5-2-6-14(16)20/h1-9H,10H2,(H,21,24). The molecule has 1 amide bonds. The molecule has 0 bridgehead atoms. The Balaban J connectivity index is 1.65. The zero-order valence-corrected chi connectivity index (χ0v) is 15.0. The average molecular weight is 397 g/mol. The van der Waals surface area contributed by atoms with Gasteiger partial charge in [-0.1, -0.05) is 46.9 Å². The molecular formula is C17H12Cl3N3O2. The Labute approximate surface area is 159 Å². The number of carbonyl (C=O) groups is 1. The van der Waals surface area contributed by atoms with Crippen molar-refractivity contribution in [2.24, 2.45) is 0 Å². The number of rotatable bonds is 5. The van der Waals surface area contributed by atoms with Crippen LogP contribution < -0.4 is 10.1 Å². The molecule has 1 N–H and O–H groups in total. The van der Waals surface area contributed by atoms with E-state index in [1.807, 2.05) is 0 Å². The van der Waals surface area contributed by atoms with Gasteiger partial charge in [0.2, 0.25) is 0 Å². The number of benzene rings is 2. The maximum absolute atomic E-state index is 12.3. The minimum atomic E-state index is -0.420. The van der Waals surface area contributed by atoms with E-state index in [4.69, 9.17) is 39.5 Å². The molecule has 8 heteroatoms. The quantitative estimate of drug-likeness (QED) is 0.650. The first-order chi connectivity index (χ1) is 12.0. The third-order valence-electron chi connectivity index (χ3n) is 3.23. The topological polar surface area (TPSA) is 56.2 Å². The van der Waals surface area contributed by atoms with E-state index in [0.717, 1.165) is 0 Å². The molecule has 0 aliphatic rings. The van der Waals surface area contributed by atoms with Crippen LogP contribution in [0, 0.1) is 0 Å². The molecule has 0 fully saturated rings. The van der Waals surface area contributed by atoms with Gasteiger partial charge in [0.05, 0.1) is 15.7 Å². The number of carbonyl (C=O) groups excluding carboxylic acids is 1. The van der Waals surface area contributed by atoms with Crippen molar-refractivity contribution in [2.45, 2.75) is 6.73 Å². The summed E-state index contributed by atoms with van der Waals surface area (Å²) in [4.78, 5) is 12.3. The summed E-state index contributed by atoms with van der Waals surface area (Å²) in [5, 5.41) is 8.10. The summed E-state index contributed by atoms with van der Waals surface area (Å²) < 4.78 is 7.05. The van der Waals surface area contributed by atoms with Gasteiger partial charge >= 0.3 is 0 Å². The minimum Gasteiger partial charge on any atom is -0.471 e. The number of aromatic nitrogens is 2. The molecule has 128 valence electrons. The van der Waals surface area contributed by atoms with Crippen molar-refractivity contribution in [3.63, 3.8) is 0 Å². The van der Waals surface area contributed by atoms with Gasteiger partial charge in [-0.3, -0.25) is 4.79 Å². The number of hydrogen-bond acceptors (Lipinski definition) is 3. The van der Waals surface area contributed by atoms with E-state index in [1.54, 1.807) is 54.7 Å². The van der Waals surface area contributed by atoms with Gasteiger partial charge in [-0.15, -0.1) is 0 Å². The zero-order valence-electron chi connectivity index (χ0n) is 12.7. The normalized spacial score (nSPS) is 10.5. The second kappa shape index (κ2) is 7.78. The van der Waals surface area contributed by atoms with Gasteiger partial charge in [0.15, 0.2) is 12.4 Å². The number of hydrogen-bond donors (Lipinski definition) is 1. The smallest absolute Gasteiger partial charge is 0.276 e. The maximum Gasteiger partial charge on any atom is 0.276 e. The first-order valence-electron chi connectivity index (χ1n) is 7.20. The molecule has 0 aliphatic heterocycles. The van der Waals surface area contributed by atoms with Crippen LogP contribution in [0.4, 0.5) is 5.69 Å². The maximum atomic E-state index is 12.3. The van der Waals surface area contributed by atoms with Gasteiger partial charge in [-0.05, 0) is 36.4 Å². The Bertz CT molecular complexity index is 891. The number of halogens is 3. The Hall–Kier alpha value is -2.21. The zero-order chi connectivity index (χ0) is 17.8. The highest BCUT2D eigenvalue weighted by molar-refractivity contribution is 6.40. The van der Waals surface area contributed by atoms with Crippen molar-refractivity contribution in [3.05, 3.63) is 75.5 Å². The molecule has 2 aromatic carbocycles. The first kappa shape index (κ1) is 17.6. The second-order valence-electron chi connectivity index (χ2n) is 5.02. The van der Waals surface area contributed by atoms with Crippen LogP contribution in [0.2, 0.25) is 15.1 Å². The van der Waals surface area contributed by atoms with Crippen LogP contribution in [0.15, 0.2) is 54.7 Å². The summed E-state index contributed by atoms with van der Waals surface area (Å²) in [5.41, 5.74) is 0.561. The average Bonchev–Trinajstić information content (AvgIpc) is 3.05. The van der Waals surface area contributed by atoms with Crippen molar-refractivity contribution in [2.75, 3.05) is 5.32 Å². The van der Waals surface area contributed by atoms with Crippen molar-refractivity contribution in [3.8, 4) is 5.75 Å². The van der Waals surface area contributed by atoms with E-state index in [9.17, 15) is 4.79 Å². The van der Waals surface area contributed by atoms with Gasteiger partial charge in [-0.2, -0.15) is 5.10 Å². The monoisotopic (exact) mass is 395 g/mol. The van der Waals surface area contributed by atoms with E-state index in [0.29, 0.717) is 26.5 Å². The molecule has 3 aromatic rings. The molecule has 0 spiro atoms. The lowest BCUT2D eigenvalue weighted by atomic mass is 10.3. The van der Waals surface area contributed by atoms with Crippen LogP contribution in [-0.2, 0) is 6.73 Å². The fourth-order valence-corrected chi connectivity index (χ4v) is 2.72. The van der Waals surface area contributed by atoms with Crippen LogP contribution in [0.3, 0.4) is 0 Å². The Morgan fingerprint density at radius 3 is 2.52 bits per heavy atom. The lowest BCUT2D eigenvalue weighted by molar-refractivity contribution is 0.102. The molecule has 0 atom stereocenters. The van der Waals surface area contributed by atoms with Crippen molar-refractivity contribution < 1.29 is 9.53 Å². The van der Waals surface area contributed by atoms with Crippen molar-refractivity contribution >= 4 is 46.4 Å². The van der Waals surface area contributed by atoms with Gasteiger partial charge in [-0.25, -0.2) is 4.68 Å². The van der Waals surface area contributed by atoms with Crippen LogP contribution in [0.1, 0.15) is 10.5 Å². The van der Waals surface area contributed by atoms with Gasteiger partial charge in [0, 0.05) is 11.2 Å². The number of nitrogens with one attached hydrogen (secondary N) is 1. The Kier molecular flexibility index (Phi) is 5.48. The van der Waals surface area contributed by atoms with Crippen LogP contribution >= 0.6 is 34.8 Å². The number of ether oxygens (including phenoxy) is 1. The van der Waals surface area contributed by atoms with Gasteiger partial charge < -0.3 is 10.1 Å². The fourth-order valence-electron chi connectivity index (χ4n) is 2.05. The van der Waals surface area contributed by atoms with Gasteiger partial charge in [0.1, 0.15) is 5.75 Å². The molecule has 3 rings (SSSR count). The van der Waals surface area contributed by atoms with Crippen LogP contribution in [-0.4, -0.2) is 15.7 Å². The Morgan fingerprint density at radius 2 is 1.80 bits per heavy atom. The van der Waals surface area contributed by atoms with Crippen molar-refractivity contribution in [1.29, 1.82) is 0 Å². The number of nitrogens with zero attached hydrogens (tertiary/aromatic N) is 2. The van der Waals surface area contributed by atoms with Crippen LogP contribution in [0.25, 0.3) is 0 Å². The molecule has 25 heavy (non-hydrogen) atoms. The molecule has 0 saturated heterocycles. The van der Waals surface area contributed by atoms with E-state index in [2.05, 4.69) is 10.4 Å². The van der Waals surface area contributed by atoms with Crippen molar-refractivity contribution in [1.82, 2.24) is 9.78 Å². The van der Waals surface area contributed by atoms with E-state index < -0.39 is 5.91 Å². The molecule has 0 saturated carbocycles. The predicted molar refractivity (Wildman–Crippen MR) is 98.7 cm³/mol. The number of para-hydroxylation sites is 1. The summed E-state index contributed by atoms with van der Waals surface area (Å²) >= 11 is 18.0. The summed E-state index contributed by atoms with van der Waals surface area (Å²) in [6, 6.07) is 13.6. The number of anilines is 1. The highest BCUT2D eigenvalue weighted by Crippen LogP contribution is 2.30. The molecule has 0 radical (unpaired) electrons. The SMILES string of the molecule is O=C(Nc1c(Cl)cccc1Cl)c1ccn(COc2cccc(Cl)c2)n1. The number of amides is 1. The van der Waals surface area contributed by atoms with Crippen LogP contribution in [0.5, 0.6) is 5.75 Å². The third kappa shape index (κ3) is 4.45. The van der Waals surface area contributed by atoms with E-state index >= 15 is 0 Å². The predicted octanol–water partition coefficient (Wildman–Crippen LogP) is 5.13. The summed E-state index contributed by atoms with van der Waals surface area (Å²) in [7, 11) is 0. The first-order valence-corrected chi connectivity index (χ1v) is 8.33. The molecular weight excluding hydrogens is 385 g/mol. The minimum absolute atomic E-state index is 0.139. The summed E-state index contributed by atoms with van der Waals surface area (Å²) in [5.74, 6) is 0.188. The Morgan fingerprint density at radius 1 is 1.08 bits per heavy atom. The second-order valence-corrected chi connectivity index (χ2v) is 6.27. The molecule has 0 unspecified atom stereocenters. The molecule has 5 nitrogen and oxygen atoms in total. The molecule has 0 aliphatic carbocycles.